The minimum atomic E-state index is 0.316. The van der Waals surface area contributed by atoms with Gasteiger partial charge < -0.3 is 15.0 Å². The zero-order valence-electron chi connectivity index (χ0n) is 12.4. The van der Waals surface area contributed by atoms with E-state index in [9.17, 15) is 0 Å². The van der Waals surface area contributed by atoms with Gasteiger partial charge in [-0.25, -0.2) is 4.98 Å². The number of hydrogen-bond acceptors (Lipinski definition) is 5. The fourth-order valence-electron chi connectivity index (χ4n) is 2.50. The van der Waals surface area contributed by atoms with Crippen LogP contribution in [0.2, 0.25) is 5.02 Å². The molecule has 0 spiro atoms. The van der Waals surface area contributed by atoms with Crippen molar-refractivity contribution in [1.82, 2.24) is 15.3 Å². The minimum Gasteiger partial charge on any atom is -0.467 e. The number of halogens is 1. The Morgan fingerprint density at radius 2 is 2.30 bits per heavy atom. The van der Waals surface area contributed by atoms with Crippen LogP contribution in [0.25, 0.3) is 0 Å². The van der Waals surface area contributed by atoms with E-state index in [1.807, 2.05) is 0 Å². The van der Waals surface area contributed by atoms with Gasteiger partial charge in [0.2, 0.25) is 0 Å². The second-order valence-electron chi connectivity index (χ2n) is 5.42. The monoisotopic (exact) mass is 298 g/mol. The number of nitrogens with one attached hydrogen (secondary N) is 1. The van der Waals surface area contributed by atoms with Crippen molar-refractivity contribution in [1.29, 1.82) is 0 Å². The van der Waals surface area contributed by atoms with E-state index >= 15 is 0 Å². The summed E-state index contributed by atoms with van der Waals surface area (Å²) in [6.07, 6.45) is 5.35. The summed E-state index contributed by atoms with van der Waals surface area (Å²) in [6, 6.07) is 1.16. The van der Waals surface area contributed by atoms with Crippen LogP contribution in [0, 0.1) is 0 Å². The Kier molecular flexibility index (Phi) is 5.43. The van der Waals surface area contributed by atoms with Gasteiger partial charge in [-0.2, -0.15) is 4.98 Å². The van der Waals surface area contributed by atoms with E-state index in [1.54, 1.807) is 13.3 Å². The average Bonchev–Trinajstić information content (AvgIpc) is 2.46. The molecule has 112 valence electrons. The number of hydrogen-bond donors (Lipinski definition) is 1. The summed E-state index contributed by atoms with van der Waals surface area (Å²) in [4.78, 5) is 10.7. The number of aromatic nitrogens is 2. The number of ether oxygens (including phenoxy) is 1. The molecule has 2 rings (SSSR count). The molecule has 0 amide bonds. The van der Waals surface area contributed by atoms with Gasteiger partial charge in [0.15, 0.2) is 5.82 Å². The van der Waals surface area contributed by atoms with Crippen LogP contribution in [-0.2, 0) is 0 Å². The Morgan fingerprint density at radius 1 is 1.50 bits per heavy atom. The highest BCUT2D eigenvalue weighted by molar-refractivity contribution is 6.32. The number of methoxy groups -OCH3 is 1. The third kappa shape index (κ3) is 3.73. The lowest BCUT2D eigenvalue weighted by Crippen LogP contribution is -2.46. The number of piperidine rings is 1. The van der Waals surface area contributed by atoms with Gasteiger partial charge in [0, 0.05) is 18.6 Å². The van der Waals surface area contributed by atoms with Gasteiger partial charge in [0.25, 0.3) is 0 Å². The third-order valence-corrected chi connectivity index (χ3v) is 3.88. The predicted octanol–water partition coefficient (Wildman–Crippen LogP) is 2.50. The molecule has 0 aliphatic carbocycles. The van der Waals surface area contributed by atoms with Crippen molar-refractivity contribution < 1.29 is 4.74 Å². The lowest BCUT2D eigenvalue weighted by molar-refractivity contribution is 0.375. The van der Waals surface area contributed by atoms with E-state index < -0.39 is 0 Å². The van der Waals surface area contributed by atoms with Crippen LogP contribution in [0.5, 0.6) is 6.01 Å². The zero-order valence-corrected chi connectivity index (χ0v) is 13.2. The van der Waals surface area contributed by atoms with E-state index in [4.69, 9.17) is 16.3 Å². The lowest BCUT2D eigenvalue weighted by atomic mass is 10.0. The fourth-order valence-corrected chi connectivity index (χ4v) is 2.70. The first kappa shape index (κ1) is 15.3. The lowest BCUT2D eigenvalue weighted by Gasteiger charge is -2.34. The molecule has 0 saturated carbocycles. The van der Waals surface area contributed by atoms with Crippen molar-refractivity contribution in [2.24, 2.45) is 0 Å². The molecular weight excluding hydrogens is 276 g/mol. The van der Waals surface area contributed by atoms with Crippen LogP contribution in [0.15, 0.2) is 6.20 Å². The molecule has 1 aliphatic rings. The van der Waals surface area contributed by atoms with Gasteiger partial charge in [0.1, 0.15) is 5.02 Å². The number of nitrogens with zero attached hydrogens (tertiary/aromatic N) is 3. The molecule has 2 heterocycles. The minimum absolute atomic E-state index is 0.316. The highest BCUT2D eigenvalue weighted by Gasteiger charge is 2.22. The first-order valence-corrected chi connectivity index (χ1v) is 7.56. The molecule has 0 aromatic carbocycles. The highest BCUT2D eigenvalue weighted by Crippen LogP contribution is 2.27. The molecule has 0 bridgehead atoms. The molecule has 1 saturated heterocycles. The van der Waals surface area contributed by atoms with Crippen LogP contribution in [-0.4, -0.2) is 42.3 Å². The maximum absolute atomic E-state index is 6.27. The van der Waals surface area contributed by atoms with Crippen LogP contribution >= 0.6 is 11.6 Å². The van der Waals surface area contributed by atoms with E-state index in [0.717, 1.165) is 18.9 Å². The maximum Gasteiger partial charge on any atom is 0.318 e. The predicted molar refractivity (Wildman–Crippen MR) is 81.7 cm³/mol. The summed E-state index contributed by atoms with van der Waals surface area (Å²) < 4.78 is 5.11. The van der Waals surface area contributed by atoms with Crippen molar-refractivity contribution in [2.75, 3.05) is 25.1 Å². The summed E-state index contributed by atoms with van der Waals surface area (Å²) >= 11 is 6.27. The summed E-state index contributed by atoms with van der Waals surface area (Å²) in [5.41, 5.74) is 0. The smallest absolute Gasteiger partial charge is 0.318 e. The van der Waals surface area contributed by atoms with Crippen molar-refractivity contribution in [3.8, 4) is 6.01 Å². The van der Waals surface area contributed by atoms with E-state index in [0.29, 0.717) is 23.1 Å². The molecule has 6 heteroatoms. The molecule has 1 aliphatic heterocycles. The quantitative estimate of drug-likeness (QED) is 0.905. The summed E-state index contributed by atoms with van der Waals surface area (Å²) in [7, 11) is 1.56. The van der Waals surface area contributed by atoms with Crippen molar-refractivity contribution in [3.05, 3.63) is 11.2 Å². The van der Waals surface area contributed by atoms with Gasteiger partial charge in [-0.15, -0.1) is 0 Å². The maximum atomic E-state index is 6.27. The second-order valence-corrected chi connectivity index (χ2v) is 5.83. The van der Waals surface area contributed by atoms with Gasteiger partial charge in [-0.1, -0.05) is 18.0 Å². The first-order chi connectivity index (χ1) is 9.61. The third-order valence-electron chi connectivity index (χ3n) is 3.61. The Hall–Kier alpha value is -1.07. The molecule has 5 nitrogen and oxygen atoms in total. The molecule has 1 fully saturated rings. The summed E-state index contributed by atoms with van der Waals surface area (Å²) in [6.45, 7) is 6.29. The van der Waals surface area contributed by atoms with E-state index in [1.165, 1.54) is 19.3 Å². The average molecular weight is 299 g/mol. The van der Waals surface area contributed by atoms with Gasteiger partial charge >= 0.3 is 6.01 Å². The van der Waals surface area contributed by atoms with E-state index in [-0.39, 0.29) is 0 Å². The largest absolute Gasteiger partial charge is 0.467 e. The van der Waals surface area contributed by atoms with Crippen LogP contribution in [0.4, 0.5) is 5.82 Å². The Bertz CT molecular complexity index is 435. The molecular formula is C14H23ClN4O. The molecule has 1 N–H and O–H groups in total. The standard InChI is InChI=1S/C14H23ClN4O/c1-10(2)19(9-11-6-4-5-7-16-11)13-12(15)8-17-14(18-13)20-3/h8,10-11,16H,4-7,9H2,1-3H3. The van der Waals surface area contributed by atoms with E-state index in [2.05, 4.69) is 34.0 Å². The van der Waals surface area contributed by atoms with Crippen LogP contribution in [0.1, 0.15) is 33.1 Å². The zero-order chi connectivity index (χ0) is 14.5. The van der Waals surface area contributed by atoms with Crippen molar-refractivity contribution >= 4 is 17.4 Å². The van der Waals surface area contributed by atoms with Crippen LogP contribution in [0.3, 0.4) is 0 Å². The fraction of sp³-hybridized carbons (Fsp3) is 0.714. The normalized spacial score (nSPS) is 19.1. The molecule has 1 aromatic rings. The summed E-state index contributed by atoms with van der Waals surface area (Å²) in [5.74, 6) is 0.751. The topological polar surface area (TPSA) is 50.3 Å². The van der Waals surface area contributed by atoms with Crippen molar-refractivity contribution in [3.63, 3.8) is 0 Å². The Morgan fingerprint density at radius 3 is 2.90 bits per heavy atom. The molecule has 1 aromatic heterocycles. The van der Waals surface area contributed by atoms with Gasteiger partial charge in [0.05, 0.1) is 13.3 Å². The SMILES string of the molecule is COc1ncc(Cl)c(N(CC2CCCCN2)C(C)C)n1. The number of rotatable bonds is 5. The molecule has 1 unspecified atom stereocenters. The van der Waals surface area contributed by atoms with Crippen molar-refractivity contribution in [2.45, 2.75) is 45.2 Å². The first-order valence-electron chi connectivity index (χ1n) is 7.18. The Labute approximate surface area is 125 Å². The molecule has 1 atom stereocenters. The van der Waals surface area contributed by atoms with Crippen LogP contribution < -0.4 is 15.0 Å². The molecule has 0 radical (unpaired) electrons. The van der Waals surface area contributed by atoms with Gasteiger partial charge in [-0.3, -0.25) is 0 Å². The summed E-state index contributed by atoms with van der Waals surface area (Å²) in [5, 5.41) is 4.13. The second kappa shape index (κ2) is 7.09. The van der Waals surface area contributed by atoms with Gasteiger partial charge in [-0.05, 0) is 33.2 Å². The highest BCUT2D eigenvalue weighted by atomic mass is 35.5. The number of anilines is 1. The molecule has 20 heavy (non-hydrogen) atoms. The Balaban J connectivity index is 2.18.